The second kappa shape index (κ2) is 5.72. The average Bonchev–Trinajstić information content (AvgIpc) is 2.28. The van der Waals surface area contributed by atoms with Gasteiger partial charge in [0.2, 0.25) is 0 Å². The summed E-state index contributed by atoms with van der Waals surface area (Å²) in [7, 11) is 0. The summed E-state index contributed by atoms with van der Waals surface area (Å²) in [6, 6.07) is 0.681. The van der Waals surface area contributed by atoms with Crippen LogP contribution >= 0.6 is 0 Å². The van der Waals surface area contributed by atoms with Crippen LogP contribution in [-0.2, 0) is 0 Å². The van der Waals surface area contributed by atoms with Gasteiger partial charge >= 0.3 is 0 Å². The van der Waals surface area contributed by atoms with Gasteiger partial charge in [-0.1, -0.05) is 13.8 Å². The number of aliphatic hydroxyl groups is 1. The summed E-state index contributed by atoms with van der Waals surface area (Å²) in [6.07, 6.45) is 4.33. The predicted octanol–water partition coefficient (Wildman–Crippen LogP) is 2.27. The molecule has 0 aromatic heterocycles. The number of likely N-dealkylation sites (tertiary alicyclic amines) is 1. The van der Waals surface area contributed by atoms with Crippen LogP contribution in [0.25, 0.3) is 0 Å². The Labute approximate surface area is 88.3 Å². The summed E-state index contributed by atoms with van der Waals surface area (Å²) >= 11 is 0. The first-order chi connectivity index (χ1) is 6.59. The highest BCUT2D eigenvalue weighted by Gasteiger charge is 2.19. The maximum atomic E-state index is 9.54. The van der Waals surface area contributed by atoms with Crippen molar-refractivity contribution < 1.29 is 5.11 Å². The molecule has 2 heteroatoms. The van der Waals surface area contributed by atoms with Gasteiger partial charge in [-0.15, -0.1) is 0 Å². The van der Waals surface area contributed by atoms with Crippen LogP contribution < -0.4 is 0 Å². The van der Waals surface area contributed by atoms with Gasteiger partial charge in [-0.05, 0) is 45.1 Å². The molecule has 0 saturated carbocycles. The molecule has 1 heterocycles. The third-order valence-corrected chi connectivity index (χ3v) is 3.17. The molecule has 1 fully saturated rings. The van der Waals surface area contributed by atoms with Crippen molar-refractivity contribution in [2.45, 2.75) is 58.6 Å². The highest BCUT2D eigenvalue weighted by molar-refractivity contribution is 4.74. The van der Waals surface area contributed by atoms with Gasteiger partial charge in [0.05, 0.1) is 6.10 Å². The summed E-state index contributed by atoms with van der Waals surface area (Å²) in [4.78, 5) is 2.54. The third kappa shape index (κ3) is 3.97. The van der Waals surface area contributed by atoms with Gasteiger partial charge in [0.1, 0.15) is 0 Å². The molecule has 84 valence electrons. The Morgan fingerprint density at radius 2 is 1.93 bits per heavy atom. The normalized spacial score (nSPS) is 27.6. The van der Waals surface area contributed by atoms with Crippen molar-refractivity contribution in [1.29, 1.82) is 0 Å². The first-order valence-corrected chi connectivity index (χ1v) is 6.01. The lowest BCUT2D eigenvalue weighted by Crippen LogP contribution is -2.35. The summed E-state index contributed by atoms with van der Waals surface area (Å²) in [5, 5.41) is 9.54. The molecule has 0 aromatic carbocycles. The van der Waals surface area contributed by atoms with Crippen molar-refractivity contribution in [2.24, 2.45) is 5.92 Å². The van der Waals surface area contributed by atoms with Crippen LogP contribution in [0.1, 0.15) is 46.5 Å². The lowest BCUT2D eigenvalue weighted by atomic mass is 10.0. The smallest absolute Gasteiger partial charge is 0.0553 e. The van der Waals surface area contributed by atoms with E-state index in [1.807, 2.05) is 0 Å². The number of hydrogen-bond donors (Lipinski definition) is 1. The number of hydrogen-bond acceptors (Lipinski definition) is 2. The molecular formula is C12H25NO. The van der Waals surface area contributed by atoms with E-state index in [0.717, 1.165) is 31.7 Å². The fraction of sp³-hybridized carbons (Fsp3) is 1.00. The molecule has 2 nitrogen and oxygen atoms in total. The van der Waals surface area contributed by atoms with E-state index in [1.54, 1.807) is 0 Å². The number of aliphatic hydroxyl groups excluding tert-OH is 1. The Balaban J connectivity index is 2.35. The maximum Gasteiger partial charge on any atom is 0.0553 e. The van der Waals surface area contributed by atoms with Crippen molar-refractivity contribution in [2.75, 3.05) is 13.1 Å². The fourth-order valence-corrected chi connectivity index (χ4v) is 2.37. The fourth-order valence-electron chi connectivity index (χ4n) is 2.37. The minimum absolute atomic E-state index is 0.0498. The predicted molar refractivity (Wildman–Crippen MR) is 60.3 cm³/mol. The Kier molecular flexibility index (Phi) is 4.90. The molecule has 14 heavy (non-hydrogen) atoms. The maximum absolute atomic E-state index is 9.54. The highest BCUT2D eigenvalue weighted by atomic mass is 16.3. The van der Waals surface area contributed by atoms with E-state index in [4.69, 9.17) is 0 Å². The zero-order valence-corrected chi connectivity index (χ0v) is 9.87. The van der Waals surface area contributed by atoms with Crippen molar-refractivity contribution in [3.63, 3.8) is 0 Å². The molecule has 1 N–H and O–H groups in total. The van der Waals surface area contributed by atoms with Crippen LogP contribution in [0.5, 0.6) is 0 Å². The monoisotopic (exact) mass is 199 g/mol. The van der Waals surface area contributed by atoms with Crippen LogP contribution in [0, 0.1) is 5.92 Å². The topological polar surface area (TPSA) is 23.5 Å². The number of nitrogens with zero attached hydrogens (tertiary/aromatic N) is 1. The molecule has 0 bridgehead atoms. The largest absolute Gasteiger partial charge is 0.393 e. The third-order valence-electron chi connectivity index (χ3n) is 3.17. The molecule has 1 rings (SSSR count). The quantitative estimate of drug-likeness (QED) is 0.753. The zero-order valence-electron chi connectivity index (χ0n) is 9.87. The Morgan fingerprint density at radius 3 is 2.57 bits per heavy atom. The Morgan fingerprint density at radius 1 is 1.21 bits per heavy atom. The summed E-state index contributed by atoms with van der Waals surface area (Å²) in [5.41, 5.74) is 0. The van der Waals surface area contributed by atoms with E-state index in [-0.39, 0.29) is 6.10 Å². The average molecular weight is 199 g/mol. The summed E-state index contributed by atoms with van der Waals surface area (Å²) in [5.74, 6) is 0.776. The molecule has 1 aliphatic rings. The molecule has 0 radical (unpaired) electrons. The molecule has 1 saturated heterocycles. The van der Waals surface area contributed by atoms with E-state index >= 15 is 0 Å². The lowest BCUT2D eigenvalue weighted by molar-refractivity contribution is 0.146. The Bertz CT molecular complexity index is 158. The first-order valence-electron chi connectivity index (χ1n) is 6.01. The van der Waals surface area contributed by atoms with Gasteiger partial charge in [0, 0.05) is 12.6 Å². The van der Waals surface area contributed by atoms with Gasteiger partial charge in [0.25, 0.3) is 0 Å². The zero-order chi connectivity index (χ0) is 10.6. The van der Waals surface area contributed by atoms with Crippen molar-refractivity contribution in [3.8, 4) is 0 Å². The first kappa shape index (κ1) is 12.0. The molecule has 1 aliphatic heterocycles. The van der Waals surface area contributed by atoms with E-state index in [9.17, 15) is 5.11 Å². The number of rotatable bonds is 3. The minimum atomic E-state index is -0.0498. The standard InChI is InChI=1S/C12H25NO/c1-10(2)9-11(3)13-7-4-5-12(14)6-8-13/h10-12,14H,4-9H2,1-3H3. The van der Waals surface area contributed by atoms with E-state index in [2.05, 4.69) is 25.7 Å². The van der Waals surface area contributed by atoms with Gasteiger partial charge in [0.15, 0.2) is 0 Å². The second-order valence-electron chi connectivity index (χ2n) is 5.10. The van der Waals surface area contributed by atoms with Crippen LogP contribution in [-0.4, -0.2) is 35.2 Å². The van der Waals surface area contributed by atoms with Crippen LogP contribution in [0.4, 0.5) is 0 Å². The van der Waals surface area contributed by atoms with Gasteiger partial charge in [-0.2, -0.15) is 0 Å². The van der Waals surface area contributed by atoms with Gasteiger partial charge in [-0.25, -0.2) is 0 Å². The molecule has 0 aromatic rings. The second-order valence-corrected chi connectivity index (χ2v) is 5.10. The molecular weight excluding hydrogens is 174 g/mol. The lowest BCUT2D eigenvalue weighted by Gasteiger charge is -2.28. The molecule has 0 aliphatic carbocycles. The molecule has 0 amide bonds. The van der Waals surface area contributed by atoms with E-state index in [1.165, 1.54) is 13.0 Å². The van der Waals surface area contributed by atoms with Crippen molar-refractivity contribution in [3.05, 3.63) is 0 Å². The summed E-state index contributed by atoms with van der Waals surface area (Å²) < 4.78 is 0. The van der Waals surface area contributed by atoms with Crippen LogP contribution in [0.3, 0.4) is 0 Å². The Hall–Kier alpha value is -0.0800. The summed E-state index contributed by atoms with van der Waals surface area (Å²) in [6.45, 7) is 9.13. The van der Waals surface area contributed by atoms with Crippen molar-refractivity contribution >= 4 is 0 Å². The molecule has 0 spiro atoms. The highest BCUT2D eigenvalue weighted by Crippen LogP contribution is 2.17. The molecule has 2 unspecified atom stereocenters. The SMILES string of the molecule is CC(C)CC(C)N1CCCC(O)CC1. The van der Waals surface area contributed by atoms with E-state index < -0.39 is 0 Å². The van der Waals surface area contributed by atoms with Crippen molar-refractivity contribution in [1.82, 2.24) is 4.90 Å². The van der Waals surface area contributed by atoms with Gasteiger partial charge < -0.3 is 10.0 Å². The van der Waals surface area contributed by atoms with Crippen LogP contribution in [0.15, 0.2) is 0 Å². The molecule has 2 atom stereocenters. The van der Waals surface area contributed by atoms with Crippen LogP contribution in [0.2, 0.25) is 0 Å². The minimum Gasteiger partial charge on any atom is -0.393 e. The van der Waals surface area contributed by atoms with Gasteiger partial charge in [-0.3, -0.25) is 0 Å². The van der Waals surface area contributed by atoms with E-state index in [0.29, 0.717) is 6.04 Å².